The van der Waals surface area contributed by atoms with Gasteiger partial charge in [0.2, 0.25) is 0 Å². The van der Waals surface area contributed by atoms with Crippen LogP contribution in [-0.2, 0) is 0 Å². The van der Waals surface area contributed by atoms with E-state index in [-0.39, 0.29) is 11.1 Å². The molecule has 3 aromatic rings. The first-order valence-electron chi connectivity index (χ1n) is 13.4. The third kappa shape index (κ3) is 7.28. The van der Waals surface area contributed by atoms with Gasteiger partial charge in [0.15, 0.2) is 11.6 Å². The van der Waals surface area contributed by atoms with Crippen LogP contribution in [0.25, 0.3) is 10.8 Å². The fourth-order valence-corrected chi connectivity index (χ4v) is 5.39. The van der Waals surface area contributed by atoms with Gasteiger partial charge >= 0.3 is 6.61 Å². The van der Waals surface area contributed by atoms with Crippen molar-refractivity contribution in [2.75, 3.05) is 0 Å². The molecular weight excluding hydrogens is 476 g/mol. The van der Waals surface area contributed by atoms with E-state index in [1.165, 1.54) is 75.8 Å². The summed E-state index contributed by atoms with van der Waals surface area (Å²) in [6.45, 7) is -0.862. The van der Waals surface area contributed by atoms with Crippen molar-refractivity contribution in [1.82, 2.24) is 0 Å². The van der Waals surface area contributed by atoms with Crippen LogP contribution in [0.15, 0.2) is 48.5 Å². The Balaban J connectivity index is 1.40. The van der Waals surface area contributed by atoms with E-state index in [4.69, 9.17) is 0 Å². The van der Waals surface area contributed by atoms with E-state index in [2.05, 4.69) is 29.6 Å². The summed E-state index contributed by atoms with van der Waals surface area (Å²) in [4.78, 5) is 0. The van der Waals surface area contributed by atoms with E-state index in [1.807, 2.05) is 18.2 Å². The Kier molecular flexibility index (Phi) is 9.50. The smallest absolute Gasteiger partial charge is 0.387 e. The second kappa shape index (κ2) is 13.0. The van der Waals surface area contributed by atoms with Crippen molar-refractivity contribution >= 4 is 10.8 Å². The number of fused-ring (bicyclic) bond motifs is 1. The molecular formula is C32H34F4O. The van der Waals surface area contributed by atoms with Crippen LogP contribution in [0.1, 0.15) is 93.7 Å². The molecule has 0 atom stereocenters. The summed E-state index contributed by atoms with van der Waals surface area (Å²) in [5.41, 5.74) is 1.72. The standard InChI is InChI=1S/C32H34F4O/c1-2-3-4-5-6-7-22-8-12-24(13-9-22)26-17-18-28-27(21-26)16-15-25(31(28)34)14-10-23-11-19-30(29(33)20-23)37-32(35)36/h11,15-22,24,32H,2-9,12-13H2,1H3. The molecule has 0 radical (unpaired) electrons. The molecule has 0 spiro atoms. The molecule has 196 valence electrons. The van der Waals surface area contributed by atoms with E-state index in [0.717, 1.165) is 23.4 Å². The number of halogens is 4. The molecule has 0 aromatic heterocycles. The van der Waals surface area contributed by atoms with E-state index in [9.17, 15) is 13.2 Å². The lowest BCUT2D eigenvalue weighted by Crippen LogP contribution is -2.13. The largest absolute Gasteiger partial charge is 0.432 e. The fourth-order valence-electron chi connectivity index (χ4n) is 5.39. The number of hydrogen-bond donors (Lipinski definition) is 0. The highest BCUT2D eigenvalue weighted by Gasteiger charge is 2.22. The molecule has 1 nitrogen and oxygen atoms in total. The van der Waals surface area contributed by atoms with E-state index < -0.39 is 24.0 Å². The molecule has 5 heteroatoms. The molecule has 0 saturated heterocycles. The first-order valence-corrected chi connectivity index (χ1v) is 13.4. The summed E-state index contributed by atoms with van der Waals surface area (Å²) in [6, 6.07) is 12.9. The average Bonchev–Trinajstić information content (AvgIpc) is 2.89. The maximum atomic E-state index is 15.2. The maximum absolute atomic E-state index is 15.2. The minimum absolute atomic E-state index is 0.202. The van der Waals surface area contributed by atoms with Crippen LogP contribution in [0, 0.1) is 29.4 Å². The molecule has 0 bridgehead atoms. The molecule has 0 amide bonds. The molecule has 1 aliphatic carbocycles. The van der Waals surface area contributed by atoms with Gasteiger partial charge in [-0.15, -0.1) is 0 Å². The van der Waals surface area contributed by atoms with Crippen molar-refractivity contribution < 1.29 is 22.3 Å². The normalized spacial score (nSPS) is 17.6. The van der Waals surface area contributed by atoms with Crippen LogP contribution in [0.4, 0.5) is 17.6 Å². The molecule has 3 aromatic carbocycles. The third-order valence-corrected chi connectivity index (χ3v) is 7.50. The van der Waals surface area contributed by atoms with Crippen LogP contribution >= 0.6 is 0 Å². The zero-order valence-electron chi connectivity index (χ0n) is 21.3. The number of benzene rings is 3. The van der Waals surface area contributed by atoms with E-state index >= 15 is 4.39 Å². The van der Waals surface area contributed by atoms with Crippen LogP contribution in [-0.4, -0.2) is 6.61 Å². The molecule has 0 N–H and O–H groups in total. The number of rotatable bonds is 9. The predicted octanol–water partition coefficient (Wildman–Crippen LogP) is 9.75. The van der Waals surface area contributed by atoms with Gasteiger partial charge in [0.05, 0.1) is 5.56 Å². The van der Waals surface area contributed by atoms with Gasteiger partial charge in [0.25, 0.3) is 0 Å². The van der Waals surface area contributed by atoms with Crippen LogP contribution in [0.2, 0.25) is 0 Å². The van der Waals surface area contributed by atoms with Gasteiger partial charge < -0.3 is 4.74 Å². The van der Waals surface area contributed by atoms with Gasteiger partial charge in [0.1, 0.15) is 5.82 Å². The summed E-state index contributed by atoms with van der Waals surface area (Å²) < 4.78 is 57.8. The minimum Gasteiger partial charge on any atom is -0.432 e. The number of hydrogen-bond acceptors (Lipinski definition) is 1. The predicted molar refractivity (Wildman–Crippen MR) is 141 cm³/mol. The van der Waals surface area contributed by atoms with Crippen molar-refractivity contribution in [3.05, 3.63) is 76.9 Å². The average molecular weight is 511 g/mol. The zero-order chi connectivity index (χ0) is 26.2. The number of ether oxygens (including phenoxy) is 1. The topological polar surface area (TPSA) is 9.23 Å². The summed E-state index contributed by atoms with van der Waals surface area (Å²) in [7, 11) is 0. The summed E-state index contributed by atoms with van der Waals surface area (Å²) in [5, 5.41) is 1.35. The second-order valence-corrected chi connectivity index (χ2v) is 10.1. The lowest BCUT2D eigenvalue weighted by molar-refractivity contribution is -0.0521. The van der Waals surface area contributed by atoms with Gasteiger partial charge in [0, 0.05) is 10.9 Å². The molecule has 37 heavy (non-hydrogen) atoms. The Morgan fingerprint density at radius 3 is 2.38 bits per heavy atom. The summed E-state index contributed by atoms with van der Waals surface area (Å²) in [5.74, 6) is 4.90. The number of alkyl halides is 2. The SMILES string of the molecule is CCCCCCCC1CCC(c2ccc3c(F)c(C#Cc4ccc(OC(F)F)c(F)c4)ccc3c2)CC1. The molecule has 0 unspecified atom stereocenters. The molecule has 1 fully saturated rings. The van der Waals surface area contributed by atoms with Gasteiger partial charge in [-0.05, 0) is 72.7 Å². The molecule has 0 heterocycles. The Morgan fingerprint density at radius 2 is 1.65 bits per heavy atom. The zero-order valence-corrected chi connectivity index (χ0v) is 21.3. The van der Waals surface area contributed by atoms with Gasteiger partial charge in [-0.3, -0.25) is 0 Å². The highest BCUT2D eigenvalue weighted by molar-refractivity contribution is 5.85. The van der Waals surface area contributed by atoms with E-state index in [1.54, 1.807) is 6.07 Å². The summed E-state index contributed by atoms with van der Waals surface area (Å²) in [6.07, 6.45) is 13.0. The first kappa shape index (κ1) is 27.0. The minimum atomic E-state index is -3.11. The second-order valence-electron chi connectivity index (χ2n) is 10.1. The lowest BCUT2D eigenvalue weighted by Gasteiger charge is -2.29. The van der Waals surface area contributed by atoms with Crippen LogP contribution < -0.4 is 4.74 Å². The van der Waals surface area contributed by atoms with Crippen molar-refractivity contribution in [2.45, 2.75) is 83.7 Å². The summed E-state index contributed by atoms with van der Waals surface area (Å²) >= 11 is 0. The Morgan fingerprint density at radius 1 is 0.865 bits per heavy atom. The van der Waals surface area contributed by atoms with Gasteiger partial charge in [-0.2, -0.15) is 8.78 Å². The Labute approximate surface area is 217 Å². The molecule has 1 aliphatic rings. The van der Waals surface area contributed by atoms with Crippen molar-refractivity contribution in [3.8, 4) is 17.6 Å². The highest BCUT2D eigenvalue weighted by Crippen LogP contribution is 2.39. The maximum Gasteiger partial charge on any atom is 0.387 e. The van der Waals surface area contributed by atoms with Crippen molar-refractivity contribution in [2.24, 2.45) is 5.92 Å². The first-order chi connectivity index (χ1) is 17.9. The Hall–Kier alpha value is -3.00. The fraction of sp³-hybridized carbons (Fsp3) is 0.438. The van der Waals surface area contributed by atoms with Crippen LogP contribution in [0.5, 0.6) is 5.75 Å². The van der Waals surface area contributed by atoms with E-state index in [0.29, 0.717) is 11.3 Å². The molecule has 1 saturated carbocycles. The van der Waals surface area contributed by atoms with Gasteiger partial charge in [-0.1, -0.05) is 81.6 Å². The van der Waals surface area contributed by atoms with Crippen molar-refractivity contribution in [3.63, 3.8) is 0 Å². The number of unbranched alkanes of at least 4 members (excludes halogenated alkanes) is 4. The highest BCUT2D eigenvalue weighted by atomic mass is 19.3. The van der Waals surface area contributed by atoms with Crippen molar-refractivity contribution in [1.29, 1.82) is 0 Å². The lowest BCUT2D eigenvalue weighted by atomic mass is 9.76. The van der Waals surface area contributed by atoms with Gasteiger partial charge in [-0.25, -0.2) is 8.78 Å². The Bertz CT molecular complexity index is 1250. The molecule has 0 aliphatic heterocycles. The van der Waals surface area contributed by atoms with Crippen LogP contribution in [0.3, 0.4) is 0 Å². The quantitative estimate of drug-likeness (QED) is 0.158. The monoisotopic (exact) mass is 510 g/mol. The third-order valence-electron chi connectivity index (χ3n) is 7.50. The molecule has 4 rings (SSSR count).